The lowest BCUT2D eigenvalue weighted by molar-refractivity contribution is 0.150. The summed E-state index contributed by atoms with van der Waals surface area (Å²) in [5, 5.41) is 9.56. The van der Waals surface area contributed by atoms with E-state index in [9.17, 15) is 5.11 Å². The first kappa shape index (κ1) is 16.0. The summed E-state index contributed by atoms with van der Waals surface area (Å²) in [5.41, 5.74) is 0.497. The molecule has 0 saturated carbocycles. The zero-order chi connectivity index (χ0) is 12.4. The van der Waals surface area contributed by atoms with Crippen LogP contribution >= 0.6 is 0 Å². The molecule has 0 fully saturated rings. The van der Waals surface area contributed by atoms with Gasteiger partial charge in [-0.25, -0.2) is 0 Å². The lowest BCUT2D eigenvalue weighted by Crippen LogP contribution is -2.05. The van der Waals surface area contributed by atoms with Gasteiger partial charge in [-0.3, -0.25) is 0 Å². The minimum absolute atomic E-state index is 0.0421. The maximum atomic E-state index is 9.56. The van der Waals surface area contributed by atoms with Gasteiger partial charge >= 0.3 is 0 Å². The largest absolute Gasteiger partial charge is 0.393 e. The second-order valence-corrected chi connectivity index (χ2v) is 6.31. The number of unbranched alkanes of at least 4 members (excludes halogenated alkanes) is 4. The Morgan fingerprint density at radius 3 is 2.00 bits per heavy atom. The molecule has 0 bridgehead atoms. The molecular weight excluding hydrogens is 196 g/mol. The molecule has 0 amide bonds. The molecule has 1 atom stereocenters. The van der Waals surface area contributed by atoms with E-state index in [4.69, 9.17) is 0 Å². The molecule has 98 valence electrons. The predicted octanol–water partition coefficient (Wildman–Crippen LogP) is 4.92. The lowest BCUT2D eigenvalue weighted by Gasteiger charge is -2.17. The Hall–Kier alpha value is -0.0400. The Labute approximate surface area is 103 Å². The van der Waals surface area contributed by atoms with Gasteiger partial charge in [-0.2, -0.15) is 0 Å². The Morgan fingerprint density at radius 1 is 0.875 bits per heavy atom. The molecule has 0 rings (SSSR count). The highest BCUT2D eigenvalue weighted by atomic mass is 16.3. The van der Waals surface area contributed by atoms with Crippen molar-refractivity contribution < 1.29 is 5.11 Å². The van der Waals surface area contributed by atoms with Crippen LogP contribution in [0.2, 0.25) is 0 Å². The summed E-state index contributed by atoms with van der Waals surface area (Å²) in [6.45, 7) is 9.08. The van der Waals surface area contributed by atoms with Crippen molar-refractivity contribution in [2.45, 2.75) is 91.6 Å². The molecule has 1 N–H and O–H groups in total. The van der Waals surface area contributed by atoms with Crippen LogP contribution < -0.4 is 0 Å². The molecule has 0 saturated heterocycles. The van der Waals surface area contributed by atoms with Crippen LogP contribution in [0.25, 0.3) is 0 Å². The summed E-state index contributed by atoms with van der Waals surface area (Å²) in [6, 6.07) is 0. The van der Waals surface area contributed by atoms with Gasteiger partial charge in [0.15, 0.2) is 0 Å². The van der Waals surface area contributed by atoms with E-state index in [0.717, 1.165) is 19.3 Å². The molecule has 0 aromatic carbocycles. The van der Waals surface area contributed by atoms with Crippen LogP contribution in [0.1, 0.15) is 85.5 Å². The van der Waals surface area contributed by atoms with Crippen molar-refractivity contribution in [3.8, 4) is 0 Å². The van der Waals surface area contributed by atoms with Crippen LogP contribution in [0.5, 0.6) is 0 Å². The zero-order valence-electron chi connectivity index (χ0n) is 11.9. The van der Waals surface area contributed by atoms with Crippen LogP contribution in [-0.4, -0.2) is 11.2 Å². The molecular formula is C15H32O. The monoisotopic (exact) mass is 228 g/mol. The van der Waals surface area contributed by atoms with Gasteiger partial charge in [0, 0.05) is 0 Å². The molecule has 0 radical (unpaired) electrons. The summed E-state index contributed by atoms with van der Waals surface area (Å²) in [6.07, 6.45) is 11.0. The molecule has 1 unspecified atom stereocenters. The SMILES string of the molecule is CCCC(O)CCCCCCCC(C)(C)C. The van der Waals surface area contributed by atoms with E-state index in [0.29, 0.717) is 5.41 Å². The van der Waals surface area contributed by atoms with Crippen molar-refractivity contribution in [1.29, 1.82) is 0 Å². The van der Waals surface area contributed by atoms with Gasteiger partial charge in [0.1, 0.15) is 0 Å². The first-order valence-corrected chi connectivity index (χ1v) is 7.14. The summed E-state index contributed by atoms with van der Waals surface area (Å²) in [4.78, 5) is 0. The number of aliphatic hydroxyl groups is 1. The van der Waals surface area contributed by atoms with Crippen LogP contribution in [0.4, 0.5) is 0 Å². The van der Waals surface area contributed by atoms with Crippen molar-refractivity contribution >= 4 is 0 Å². The van der Waals surface area contributed by atoms with Crippen molar-refractivity contribution in [3.63, 3.8) is 0 Å². The summed E-state index contributed by atoms with van der Waals surface area (Å²) in [5.74, 6) is 0. The molecule has 0 heterocycles. The molecule has 0 aromatic rings. The van der Waals surface area contributed by atoms with Gasteiger partial charge in [0.2, 0.25) is 0 Å². The minimum Gasteiger partial charge on any atom is -0.393 e. The van der Waals surface area contributed by atoms with E-state index in [1.165, 1.54) is 38.5 Å². The molecule has 0 aliphatic carbocycles. The van der Waals surface area contributed by atoms with E-state index in [2.05, 4.69) is 27.7 Å². The summed E-state index contributed by atoms with van der Waals surface area (Å²) in [7, 11) is 0. The maximum absolute atomic E-state index is 9.56. The average molecular weight is 228 g/mol. The van der Waals surface area contributed by atoms with E-state index in [1.54, 1.807) is 0 Å². The van der Waals surface area contributed by atoms with Crippen LogP contribution in [0.15, 0.2) is 0 Å². The van der Waals surface area contributed by atoms with Crippen molar-refractivity contribution in [3.05, 3.63) is 0 Å². The molecule has 1 nitrogen and oxygen atoms in total. The molecule has 0 aliphatic heterocycles. The first-order valence-electron chi connectivity index (χ1n) is 7.14. The van der Waals surface area contributed by atoms with Crippen molar-refractivity contribution in [1.82, 2.24) is 0 Å². The third-order valence-electron chi connectivity index (χ3n) is 3.09. The lowest BCUT2D eigenvalue weighted by atomic mass is 9.89. The Kier molecular flexibility index (Phi) is 9.02. The van der Waals surface area contributed by atoms with Crippen molar-refractivity contribution in [2.75, 3.05) is 0 Å². The highest BCUT2D eigenvalue weighted by Crippen LogP contribution is 2.22. The highest BCUT2D eigenvalue weighted by molar-refractivity contribution is 4.61. The topological polar surface area (TPSA) is 20.2 Å². The quantitative estimate of drug-likeness (QED) is 0.555. The van der Waals surface area contributed by atoms with Crippen LogP contribution in [0, 0.1) is 5.41 Å². The minimum atomic E-state index is -0.0421. The third-order valence-corrected chi connectivity index (χ3v) is 3.09. The third kappa shape index (κ3) is 12.0. The summed E-state index contributed by atoms with van der Waals surface area (Å²) >= 11 is 0. The van der Waals surface area contributed by atoms with Crippen LogP contribution in [-0.2, 0) is 0 Å². The van der Waals surface area contributed by atoms with E-state index < -0.39 is 0 Å². The second kappa shape index (κ2) is 9.04. The molecule has 0 aliphatic rings. The fraction of sp³-hybridized carbons (Fsp3) is 1.00. The smallest absolute Gasteiger partial charge is 0.0540 e. The van der Waals surface area contributed by atoms with Gasteiger partial charge in [0.25, 0.3) is 0 Å². The second-order valence-electron chi connectivity index (χ2n) is 6.31. The molecule has 0 aromatic heterocycles. The van der Waals surface area contributed by atoms with Gasteiger partial charge in [-0.15, -0.1) is 0 Å². The van der Waals surface area contributed by atoms with Crippen LogP contribution in [0.3, 0.4) is 0 Å². The fourth-order valence-electron chi connectivity index (χ4n) is 2.04. The summed E-state index contributed by atoms with van der Waals surface area (Å²) < 4.78 is 0. The number of rotatable bonds is 9. The van der Waals surface area contributed by atoms with Crippen molar-refractivity contribution in [2.24, 2.45) is 5.41 Å². The van der Waals surface area contributed by atoms with E-state index in [1.807, 2.05) is 0 Å². The average Bonchev–Trinajstić information content (AvgIpc) is 2.15. The highest BCUT2D eigenvalue weighted by Gasteiger charge is 2.08. The number of hydrogen-bond acceptors (Lipinski definition) is 1. The zero-order valence-corrected chi connectivity index (χ0v) is 11.9. The van der Waals surface area contributed by atoms with E-state index >= 15 is 0 Å². The van der Waals surface area contributed by atoms with Gasteiger partial charge in [-0.1, -0.05) is 66.2 Å². The van der Waals surface area contributed by atoms with E-state index in [-0.39, 0.29) is 6.10 Å². The molecule has 16 heavy (non-hydrogen) atoms. The van der Waals surface area contributed by atoms with Gasteiger partial charge in [-0.05, 0) is 24.7 Å². The Bertz CT molecular complexity index is 146. The first-order chi connectivity index (χ1) is 7.45. The number of aliphatic hydroxyl groups excluding tert-OH is 1. The molecule has 1 heteroatoms. The number of hydrogen-bond donors (Lipinski definition) is 1. The van der Waals surface area contributed by atoms with Gasteiger partial charge in [0.05, 0.1) is 6.10 Å². The van der Waals surface area contributed by atoms with Gasteiger partial charge < -0.3 is 5.11 Å². The Morgan fingerprint density at radius 2 is 1.44 bits per heavy atom. The fourth-order valence-corrected chi connectivity index (χ4v) is 2.04. The Balaban J connectivity index is 3.16. The predicted molar refractivity (Wildman–Crippen MR) is 72.7 cm³/mol. The molecule has 0 spiro atoms. The maximum Gasteiger partial charge on any atom is 0.0540 e. The standard InChI is InChI=1S/C15H32O/c1-5-11-14(16)12-9-7-6-8-10-13-15(2,3)4/h14,16H,5-13H2,1-4H3. The normalized spacial score (nSPS) is 14.1.